The molecule has 2 aromatic carbocycles. The molecule has 0 spiro atoms. The van der Waals surface area contributed by atoms with Crippen molar-refractivity contribution in [2.75, 3.05) is 23.9 Å². The van der Waals surface area contributed by atoms with E-state index in [-0.39, 0.29) is 36.2 Å². The lowest BCUT2D eigenvalue weighted by Crippen LogP contribution is -2.27. The Balaban J connectivity index is 2.12. The van der Waals surface area contributed by atoms with Crippen LogP contribution in [0.25, 0.3) is 11.1 Å². The van der Waals surface area contributed by atoms with Gasteiger partial charge in [0.1, 0.15) is 11.6 Å². The number of hydrogen-bond acceptors (Lipinski definition) is 4. The van der Waals surface area contributed by atoms with Gasteiger partial charge in [0.05, 0.1) is 12.8 Å². The number of amides is 2. The first-order valence-electron chi connectivity index (χ1n) is 8.91. The van der Waals surface area contributed by atoms with Gasteiger partial charge in [0, 0.05) is 25.5 Å². The second kappa shape index (κ2) is 9.08. The second-order valence-corrected chi connectivity index (χ2v) is 6.76. The summed E-state index contributed by atoms with van der Waals surface area (Å²) in [4.78, 5) is 49.1. The summed E-state index contributed by atoms with van der Waals surface area (Å²) in [5.41, 5.74) is 3.34. The van der Waals surface area contributed by atoms with Crippen molar-refractivity contribution in [2.45, 2.75) is 26.7 Å². The number of hydrogen-bond donors (Lipinski definition) is 0. The third-order valence-electron chi connectivity index (χ3n) is 4.39. The molecule has 0 unspecified atom stereocenters. The zero-order valence-electron chi connectivity index (χ0n) is 16.6. The lowest BCUT2D eigenvalue weighted by molar-refractivity contribution is -0.127. The van der Waals surface area contributed by atoms with Crippen LogP contribution in [0.3, 0.4) is 0 Å². The molecule has 2 rings (SSSR count). The third-order valence-corrected chi connectivity index (χ3v) is 4.39. The van der Waals surface area contributed by atoms with E-state index in [9.17, 15) is 19.2 Å². The third kappa shape index (κ3) is 5.36. The first-order valence-corrected chi connectivity index (χ1v) is 8.91. The van der Waals surface area contributed by atoms with Gasteiger partial charge in [0.15, 0.2) is 0 Å². The van der Waals surface area contributed by atoms with Crippen molar-refractivity contribution in [2.24, 2.45) is 0 Å². The predicted octanol–water partition coefficient (Wildman–Crippen LogP) is 3.24. The van der Waals surface area contributed by atoms with Crippen molar-refractivity contribution in [1.29, 1.82) is 0 Å². The van der Waals surface area contributed by atoms with Gasteiger partial charge in [0.2, 0.25) is 11.8 Å². The van der Waals surface area contributed by atoms with Gasteiger partial charge < -0.3 is 9.80 Å². The van der Waals surface area contributed by atoms with Gasteiger partial charge in [-0.25, -0.2) is 0 Å². The van der Waals surface area contributed by atoms with E-state index in [4.69, 9.17) is 0 Å². The molecule has 146 valence electrons. The zero-order valence-corrected chi connectivity index (χ0v) is 16.6. The summed E-state index contributed by atoms with van der Waals surface area (Å²) < 4.78 is 0. The summed E-state index contributed by atoms with van der Waals surface area (Å²) in [6.45, 7) is 2.78. The van der Waals surface area contributed by atoms with Crippen LogP contribution in [0.2, 0.25) is 0 Å². The lowest BCUT2D eigenvalue weighted by atomic mass is 10.0. The first-order chi connectivity index (χ1) is 13.2. The van der Waals surface area contributed by atoms with E-state index in [1.807, 2.05) is 48.5 Å². The highest BCUT2D eigenvalue weighted by molar-refractivity contribution is 6.05. The molecule has 0 saturated heterocycles. The summed E-state index contributed by atoms with van der Waals surface area (Å²) in [6, 6.07) is 14.9. The van der Waals surface area contributed by atoms with E-state index < -0.39 is 0 Å². The smallest absolute Gasteiger partial charge is 0.234 e. The van der Waals surface area contributed by atoms with Gasteiger partial charge in [-0.2, -0.15) is 0 Å². The standard InChI is InChI=1S/C22H24N2O4/c1-15(25)13-21(27)23(3)19-9-5-17(6-10-19)18-7-11-20(12-8-18)24(4)22(28)14-16(2)26/h5-12H,13-14H2,1-4H3. The van der Waals surface area contributed by atoms with Gasteiger partial charge in [0.25, 0.3) is 0 Å². The first kappa shape index (κ1) is 21.0. The van der Waals surface area contributed by atoms with Crippen LogP contribution < -0.4 is 9.80 Å². The van der Waals surface area contributed by atoms with E-state index in [1.54, 1.807) is 14.1 Å². The van der Waals surface area contributed by atoms with E-state index in [0.29, 0.717) is 11.4 Å². The monoisotopic (exact) mass is 380 g/mol. The van der Waals surface area contributed by atoms with Crippen LogP contribution in [-0.2, 0) is 19.2 Å². The Morgan fingerprint density at radius 3 is 1.14 bits per heavy atom. The normalized spacial score (nSPS) is 10.3. The predicted molar refractivity (Wildman–Crippen MR) is 109 cm³/mol. The molecule has 2 aromatic rings. The van der Waals surface area contributed by atoms with Crippen molar-refractivity contribution >= 4 is 34.8 Å². The van der Waals surface area contributed by atoms with Crippen LogP contribution in [0.1, 0.15) is 26.7 Å². The van der Waals surface area contributed by atoms with Crippen LogP contribution in [0.4, 0.5) is 11.4 Å². The van der Waals surface area contributed by atoms with Crippen LogP contribution in [0.5, 0.6) is 0 Å². The zero-order chi connectivity index (χ0) is 20.8. The van der Waals surface area contributed by atoms with Crippen molar-refractivity contribution < 1.29 is 19.2 Å². The Labute approximate surface area is 164 Å². The molecule has 2 amide bonds. The van der Waals surface area contributed by atoms with Crippen LogP contribution in [-0.4, -0.2) is 37.5 Å². The van der Waals surface area contributed by atoms with Gasteiger partial charge in [-0.15, -0.1) is 0 Å². The number of benzene rings is 2. The number of carbonyl (C=O) groups excluding carboxylic acids is 4. The van der Waals surface area contributed by atoms with E-state index in [2.05, 4.69) is 0 Å². The number of nitrogens with zero attached hydrogens (tertiary/aromatic N) is 2. The fourth-order valence-corrected chi connectivity index (χ4v) is 2.71. The molecule has 0 aromatic heterocycles. The average Bonchev–Trinajstić information content (AvgIpc) is 2.66. The topological polar surface area (TPSA) is 74.8 Å². The average molecular weight is 380 g/mol. The number of rotatable bonds is 7. The fourth-order valence-electron chi connectivity index (χ4n) is 2.71. The number of Topliss-reactive ketones (excluding diaryl/α,β-unsaturated/α-hetero) is 2. The van der Waals surface area contributed by atoms with Crippen LogP contribution in [0.15, 0.2) is 48.5 Å². The number of carbonyl (C=O) groups is 4. The van der Waals surface area contributed by atoms with Crippen LogP contribution in [0, 0.1) is 0 Å². The molecule has 0 radical (unpaired) electrons. The van der Waals surface area contributed by atoms with Gasteiger partial charge >= 0.3 is 0 Å². The maximum atomic E-state index is 12.0. The highest BCUT2D eigenvalue weighted by atomic mass is 16.2. The minimum atomic E-state index is -0.247. The largest absolute Gasteiger partial charge is 0.315 e. The molecule has 0 atom stereocenters. The SMILES string of the molecule is CC(=O)CC(=O)N(C)c1ccc(-c2ccc(N(C)C(=O)CC(C)=O)cc2)cc1. The Morgan fingerprint density at radius 1 is 0.607 bits per heavy atom. The van der Waals surface area contributed by atoms with Crippen molar-refractivity contribution in [3.8, 4) is 11.1 Å². The Morgan fingerprint density at radius 2 is 0.893 bits per heavy atom. The van der Waals surface area contributed by atoms with E-state index >= 15 is 0 Å². The molecule has 0 bridgehead atoms. The quantitative estimate of drug-likeness (QED) is 0.691. The number of anilines is 2. The van der Waals surface area contributed by atoms with Crippen LogP contribution >= 0.6 is 0 Å². The van der Waals surface area contributed by atoms with E-state index in [0.717, 1.165) is 11.1 Å². The summed E-state index contributed by atoms with van der Waals surface area (Å²) in [7, 11) is 3.28. The molecule has 0 aliphatic carbocycles. The highest BCUT2D eigenvalue weighted by Gasteiger charge is 2.14. The summed E-state index contributed by atoms with van der Waals surface area (Å²) in [6.07, 6.45) is -0.231. The molecule has 0 aliphatic rings. The molecule has 0 N–H and O–H groups in total. The Hall–Kier alpha value is -3.28. The molecule has 6 nitrogen and oxygen atoms in total. The molecular weight excluding hydrogens is 356 g/mol. The van der Waals surface area contributed by atoms with Crippen molar-refractivity contribution in [3.63, 3.8) is 0 Å². The fraction of sp³-hybridized carbons (Fsp3) is 0.273. The minimum absolute atomic E-state index is 0.115. The molecule has 28 heavy (non-hydrogen) atoms. The Kier molecular flexibility index (Phi) is 6.82. The van der Waals surface area contributed by atoms with Crippen molar-refractivity contribution in [1.82, 2.24) is 0 Å². The van der Waals surface area contributed by atoms with Gasteiger partial charge in [-0.3, -0.25) is 19.2 Å². The van der Waals surface area contributed by atoms with Gasteiger partial charge in [-0.05, 0) is 49.2 Å². The molecule has 0 heterocycles. The molecule has 0 aliphatic heterocycles. The van der Waals surface area contributed by atoms with Gasteiger partial charge in [-0.1, -0.05) is 24.3 Å². The van der Waals surface area contributed by atoms with Crippen molar-refractivity contribution in [3.05, 3.63) is 48.5 Å². The number of ketones is 2. The second-order valence-electron chi connectivity index (χ2n) is 6.76. The highest BCUT2D eigenvalue weighted by Crippen LogP contribution is 2.25. The maximum Gasteiger partial charge on any atom is 0.234 e. The molecule has 0 fully saturated rings. The minimum Gasteiger partial charge on any atom is -0.315 e. The Bertz CT molecular complexity index is 810. The molecule has 0 saturated carbocycles. The lowest BCUT2D eigenvalue weighted by Gasteiger charge is -2.18. The summed E-state index contributed by atoms with van der Waals surface area (Å²) in [5.74, 6) is -0.827. The molecular formula is C22H24N2O4. The van der Waals surface area contributed by atoms with E-state index in [1.165, 1.54) is 23.6 Å². The maximum absolute atomic E-state index is 12.0. The summed E-state index contributed by atoms with van der Waals surface area (Å²) in [5, 5.41) is 0. The molecule has 6 heteroatoms. The summed E-state index contributed by atoms with van der Waals surface area (Å²) >= 11 is 0.